The summed E-state index contributed by atoms with van der Waals surface area (Å²) in [5.41, 5.74) is 3.48. The molecule has 1 aliphatic carbocycles. The Labute approximate surface area is 122 Å². The number of rotatable bonds is 3. The number of carbonyl (C=O) groups is 1. The first-order chi connectivity index (χ1) is 9.54. The largest absolute Gasteiger partial charge is 0.300 e. The van der Waals surface area contributed by atoms with E-state index in [-0.39, 0.29) is 11.8 Å². The first kappa shape index (κ1) is 13.2. The van der Waals surface area contributed by atoms with Gasteiger partial charge in [-0.25, -0.2) is 0 Å². The van der Waals surface area contributed by atoms with Crippen LogP contribution in [-0.4, -0.2) is 16.1 Å². The second-order valence-corrected chi connectivity index (χ2v) is 6.52. The maximum atomic E-state index is 11.9. The second-order valence-electron chi connectivity index (χ2n) is 5.54. The fraction of sp³-hybridized carbons (Fsp3) is 0.400. The summed E-state index contributed by atoms with van der Waals surface area (Å²) in [5.74, 6) is 0.728. The molecule has 1 amide bonds. The lowest BCUT2D eigenvalue weighted by Crippen LogP contribution is -2.14. The molecule has 2 atom stereocenters. The van der Waals surface area contributed by atoms with Crippen molar-refractivity contribution < 1.29 is 4.79 Å². The molecule has 0 saturated heterocycles. The van der Waals surface area contributed by atoms with E-state index >= 15 is 0 Å². The Morgan fingerprint density at radius 1 is 1.35 bits per heavy atom. The highest BCUT2D eigenvalue weighted by atomic mass is 32.1. The monoisotopic (exact) mass is 287 g/mol. The van der Waals surface area contributed by atoms with E-state index in [1.165, 1.54) is 22.5 Å². The van der Waals surface area contributed by atoms with Crippen LogP contribution in [0.2, 0.25) is 0 Å². The van der Waals surface area contributed by atoms with Gasteiger partial charge in [-0.15, -0.1) is 10.2 Å². The van der Waals surface area contributed by atoms with Gasteiger partial charge in [-0.1, -0.05) is 42.0 Å². The Morgan fingerprint density at radius 3 is 2.75 bits per heavy atom. The molecule has 20 heavy (non-hydrogen) atoms. The molecule has 0 radical (unpaired) electrons. The fourth-order valence-electron chi connectivity index (χ4n) is 2.32. The highest BCUT2D eigenvalue weighted by molar-refractivity contribution is 7.18. The Hall–Kier alpha value is -1.75. The van der Waals surface area contributed by atoms with Crippen molar-refractivity contribution in [2.45, 2.75) is 27.2 Å². The van der Waals surface area contributed by atoms with Gasteiger partial charge in [0.1, 0.15) is 5.01 Å². The summed E-state index contributed by atoms with van der Waals surface area (Å²) >= 11 is 1.43. The van der Waals surface area contributed by atoms with Gasteiger partial charge in [0.2, 0.25) is 11.0 Å². The molecule has 1 heterocycles. The van der Waals surface area contributed by atoms with Gasteiger partial charge in [0.15, 0.2) is 0 Å². The number of nitrogens with one attached hydrogen (secondary N) is 1. The van der Waals surface area contributed by atoms with Crippen LogP contribution in [0.5, 0.6) is 0 Å². The number of anilines is 1. The van der Waals surface area contributed by atoms with Gasteiger partial charge in [-0.2, -0.15) is 0 Å². The van der Waals surface area contributed by atoms with Gasteiger partial charge in [-0.3, -0.25) is 4.79 Å². The molecule has 1 aromatic carbocycles. The van der Waals surface area contributed by atoms with Gasteiger partial charge in [0.05, 0.1) is 0 Å². The number of amides is 1. The van der Waals surface area contributed by atoms with E-state index in [0.717, 1.165) is 17.0 Å². The number of aryl methyl sites for hydroxylation is 2. The highest BCUT2D eigenvalue weighted by Gasteiger charge is 2.39. The van der Waals surface area contributed by atoms with E-state index in [2.05, 4.69) is 54.5 Å². The molecule has 1 saturated carbocycles. The summed E-state index contributed by atoms with van der Waals surface area (Å²) in [5, 5.41) is 12.5. The molecule has 1 N–H and O–H groups in total. The van der Waals surface area contributed by atoms with Gasteiger partial charge in [0.25, 0.3) is 0 Å². The quantitative estimate of drug-likeness (QED) is 0.941. The molecule has 3 rings (SSSR count). The van der Waals surface area contributed by atoms with Crippen LogP contribution in [-0.2, 0) is 4.79 Å². The highest BCUT2D eigenvalue weighted by Crippen LogP contribution is 2.39. The molecule has 4 nitrogen and oxygen atoms in total. The van der Waals surface area contributed by atoms with Crippen molar-refractivity contribution in [3.63, 3.8) is 0 Å². The first-order valence-corrected chi connectivity index (χ1v) is 7.58. The summed E-state index contributed by atoms with van der Waals surface area (Å²) in [7, 11) is 0. The predicted molar refractivity (Wildman–Crippen MR) is 80.7 cm³/mol. The van der Waals surface area contributed by atoms with E-state index < -0.39 is 0 Å². The molecule has 2 aromatic rings. The summed E-state index contributed by atoms with van der Waals surface area (Å²) < 4.78 is 0. The van der Waals surface area contributed by atoms with Crippen LogP contribution in [0.1, 0.15) is 24.5 Å². The molecule has 1 aromatic heterocycles. The van der Waals surface area contributed by atoms with E-state index in [4.69, 9.17) is 0 Å². The smallest absolute Gasteiger partial charge is 0.229 e. The molecule has 1 aliphatic rings. The molecular formula is C15H17N3OS. The number of hydrogen-bond donors (Lipinski definition) is 1. The number of hydrogen-bond acceptors (Lipinski definition) is 4. The fourth-order valence-corrected chi connectivity index (χ4v) is 3.16. The molecule has 1 fully saturated rings. The minimum Gasteiger partial charge on any atom is -0.300 e. The van der Waals surface area contributed by atoms with Crippen LogP contribution < -0.4 is 5.32 Å². The third kappa shape index (κ3) is 2.58. The van der Waals surface area contributed by atoms with Gasteiger partial charge in [-0.05, 0) is 31.7 Å². The zero-order valence-corrected chi connectivity index (χ0v) is 12.6. The van der Waals surface area contributed by atoms with E-state index in [9.17, 15) is 4.79 Å². The molecule has 2 unspecified atom stereocenters. The minimum absolute atomic E-state index is 0.0702. The van der Waals surface area contributed by atoms with E-state index in [1.54, 1.807) is 0 Å². The number of benzene rings is 1. The van der Waals surface area contributed by atoms with Crippen molar-refractivity contribution in [3.05, 3.63) is 29.3 Å². The summed E-state index contributed by atoms with van der Waals surface area (Å²) in [4.78, 5) is 11.9. The maximum absolute atomic E-state index is 11.9. The predicted octanol–water partition coefficient (Wildman–Crippen LogP) is 3.42. The number of aromatic nitrogens is 2. The van der Waals surface area contributed by atoms with Crippen molar-refractivity contribution in [2.24, 2.45) is 11.8 Å². The first-order valence-electron chi connectivity index (χ1n) is 6.76. The van der Waals surface area contributed by atoms with E-state index in [1.807, 2.05) is 0 Å². The van der Waals surface area contributed by atoms with Crippen LogP contribution in [0.15, 0.2) is 18.2 Å². The van der Waals surface area contributed by atoms with Gasteiger partial charge < -0.3 is 5.32 Å². The van der Waals surface area contributed by atoms with Crippen molar-refractivity contribution in [2.75, 3.05) is 5.32 Å². The zero-order valence-electron chi connectivity index (χ0n) is 11.8. The third-order valence-corrected chi connectivity index (χ3v) is 4.59. The topological polar surface area (TPSA) is 54.9 Å². The zero-order chi connectivity index (χ0) is 14.3. The summed E-state index contributed by atoms with van der Waals surface area (Å²) in [6, 6.07) is 6.24. The standard InChI is InChI=1S/C15H17N3OS/c1-8-4-5-11(9(2)6-8)14-17-18-15(20-14)16-13(19)12-7-10(12)3/h4-6,10,12H,7H2,1-3H3,(H,16,18,19). The Bertz CT molecular complexity index is 665. The van der Waals surface area contributed by atoms with Crippen molar-refractivity contribution >= 4 is 22.4 Å². The maximum Gasteiger partial charge on any atom is 0.229 e. The molecular weight excluding hydrogens is 270 g/mol. The molecule has 0 bridgehead atoms. The third-order valence-electron chi connectivity index (χ3n) is 3.71. The SMILES string of the molecule is Cc1ccc(-c2nnc(NC(=O)C3CC3C)s2)c(C)c1. The molecule has 0 spiro atoms. The van der Waals surface area contributed by atoms with Gasteiger partial charge in [0, 0.05) is 11.5 Å². The number of carbonyl (C=O) groups excluding carboxylic acids is 1. The molecule has 104 valence electrons. The average Bonchev–Trinajstić information content (AvgIpc) is 2.95. The Kier molecular flexibility index (Phi) is 3.30. The number of nitrogens with zero attached hydrogens (tertiary/aromatic N) is 2. The van der Waals surface area contributed by atoms with Crippen LogP contribution in [0, 0.1) is 25.7 Å². The van der Waals surface area contributed by atoms with E-state index in [0.29, 0.717) is 11.0 Å². The van der Waals surface area contributed by atoms with Crippen LogP contribution in [0.25, 0.3) is 10.6 Å². The van der Waals surface area contributed by atoms with Crippen LogP contribution in [0.4, 0.5) is 5.13 Å². The van der Waals surface area contributed by atoms with Gasteiger partial charge >= 0.3 is 0 Å². The summed E-state index contributed by atoms with van der Waals surface area (Å²) in [6.07, 6.45) is 0.981. The summed E-state index contributed by atoms with van der Waals surface area (Å²) in [6.45, 7) is 6.22. The van der Waals surface area contributed by atoms with Crippen molar-refractivity contribution in [3.8, 4) is 10.6 Å². The lowest BCUT2D eigenvalue weighted by Gasteiger charge is -2.02. The van der Waals surface area contributed by atoms with Crippen molar-refractivity contribution in [1.82, 2.24) is 10.2 Å². The van der Waals surface area contributed by atoms with Crippen LogP contribution >= 0.6 is 11.3 Å². The Balaban J connectivity index is 1.78. The lowest BCUT2D eigenvalue weighted by atomic mass is 10.1. The lowest BCUT2D eigenvalue weighted by molar-refractivity contribution is -0.117. The minimum atomic E-state index is 0.0702. The van der Waals surface area contributed by atoms with Crippen molar-refractivity contribution in [1.29, 1.82) is 0 Å². The average molecular weight is 287 g/mol. The molecule has 0 aliphatic heterocycles. The molecule has 5 heteroatoms. The Morgan fingerprint density at radius 2 is 2.10 bits per heavy atom. The normalized spacial score (nSPS) is 20.8. The second kappa shape index (κ2) is 4.98. The van der Waals surface area contributed by atoms with Crippen LogP contribution in [0.3, 0.4) is 0 Å².